The molecule has 0 aliphatic heterocycles. The minimum atomic E-state index is -0.837. The molecule has 0 bridgehead atoms. The van der Waals surface area contributed by atoms with E-state index < -0.39 is 6.10 Å². The van der Waals surface area contributed by atoms with E-state index in [-0.39, 0.29) is 44.0 Å². The molecule has 0 rings (SSSR count). The van der Waals surface area contributed by atoms with Gasteiger partial charge in [-0.1, -0.05) is 211 Å². The van der Waals surface area contributed by atoms with Gasteiger partial charge >= 0.3 is 17.9 Å². The molecular formula is C63H96O6. The molecule has 0 aromatic carbocycles. The van der Waals surface area contributed by atoms with Gasteiger partial charge in [0.15, 0.2) is 6.10 Å². The van der Waals surface area contributed by atoms with Gasteiger partial charge in [0.1, 0.15) is 13.2 Å². The summed E-state index contributed by atoms with van der Waals surface area (Å²) >= 11 is 0. The number of esters is 3. The number of hydrogen-bond donors (Lipinski definition) is 0. The van der Waals surface area contributed by atoms with Crippen molar-refractivity contribution in [2.24, 2.45) is 0 Å². The first-order valence-corrected chi connectivity index (χ1v) is 27.0. The van der Waals surface area contributed by atoms with E-state index in [0.29, 0.717) is 12.8 Å². The summed E-state index contributed by atoms with van der Waals surface area (Å²) in [6.45, 7) is 6.17. The molecule has 0 spiro atoms. The summed E-state index contributed by atoms with van der Waals surface area (Å²) in [5.41, 5.74) is 0. The lowest BCUT2D eigenvalue weighted by atomic mass is 10.1. The topological polar surface area (TPSA) is 78.9 Å². The van der Waals surface area contributed by atoms with Crippen LogP contribution in [0.15, 0.2) is 158 Å². The van der Waals surface area contributed by atoms with Crippen molar-refractivity contribution >= 4 is 17.9 Å². The second-order valence-corrected chi connectivity index (χ2v) is 17.0. The van der Waals surface area contributed by atoms with Crippen molar-refractivity contribution < 1.29 is 28.6 Å². The Morgan fingerprint density at radius 3 is 0.899 bits per heavy atom. The van der Waals surface area contributed by atoms with Crippen LogP contribution in [0, 0.1) is 0 Å². The van der Waals surface area contributed by atoms with Gasteiger partial charge in [0, 0.05) is 19.3 Å². The van der Waals surface area contributed by atoms with Gasteiger partial charge in [-0.3, -0.25) is 14.4 Å². The van der Waals surface area contributed by atoms with Crippen LogP contribution in [0.25, 0.3) is 0 Å². The van der Waals surface area contributed by atoms with Crippen LogP contribution in [0.3, 0.4) is 0 Å². The fourth-order valence-electron chi connectivity index (χ4n) is 6.59. The zero-order valence-electron chi connectivity index (χ0n) is 43.8. The monoisotopic (exact) mass is 949 g/mol. The van der Waals surface area contributed by atoms with Crippen LogP contribution in [0.2, 0.25) is 0 Å². The standard InChI is InChI=1S/C63H96O6/c1-4-7-10-13-16-19-22-25-28-30-31-33-35-38-41-44-47-50-53-56-62(65)68-59-60(58-67-61(64)55-52-49-46-43-40-37-34-27-24-21-18-15-12-9-6-3)69-63(66)57-54-51-48-45-42-39-36-32-29-26-23-20-17-14-11-8-5-2/h7-12,16-21,25-29,31,33-34,36,38-39,41,47,50,60H,4-6,13-15,22-24,30,32,35,37,40,42-46,48-49,51-59H2,1-3H3/b10-7-,11-8-,12-9-,19-16-,20-17-,21-18-,28-25-,29-26-,33-31-,34-27-,39-36-,41-38-,50-47-/t60-/m0/s1. The summed E-state index contributed by atoms with van der Waals surface area (Å²) in [7, 11) is 0. The second kappa shape index (κ2) is 55.6. The Labute approximate surface area is 422 Å². The first-order valence-electron chi connectivity index (χ1n) is 27.0. The van der Waals surface area contributed by atoms with Crippen LogP contribution < -0.4 is 0 Å². The maximum Gasteiger partial charge on any atom is 0.306 e. The maximum absolute atomic E-state index is 12.8. The molecule has 0 aliphatic carbocycles. The van der Waals surface area contributed by atoms with E-state index in [9.17, 15) is 14.4 Å². The molecule has 6 heteroatoms. The highest BCUT2D eigenvalue weighted by Gasteiger charge is 2.19. The van der Waals surface area contributed by atoms with Crippen molar-refractivity contribution in [3.8, 4) is 0 Å². The molecule has 384 valence electrons. The quantitative estimate of drug-likeness (QED) is 0.0262. The smallest absolute Gasteiger partial charge is 0.306 e. The van der Waals surface area contributed by atoms with Gasteiger partial charge < -0.3 is 14.2 Å². The Morgan fingerprint density at radius 1 is 0.290 bits per heavy atom. The molecular weight excluding hydrogens is 853 g/mol. The molecule has 69 heavy (non-hydrogen) atoms. The first-order chi connectivity index (χ1) is 34.0. The average Bonchev–Trinajstić information content (AvgIpc) is 3.35. The predicted molar refractivity (Wildman–Crippen MR) is 297 cm³/mol. The van der Waals surface area contributed by atoms with Crippen LogP contribution >= 0.6 is 0 Å². The number of rotatable bonds is 46. The minimum absolute atomic E-state index is 0.128. The molecule has 0 saturated heterocycles. The van der Waals surface area contributed by atoms with Crippen molar-refractivity contribution in [1.29, 1.82) is 0 Å². The van der Waals surface area contributed by atoms with Crippen LogP contribution in [0.1, 0.15) is 201 Å². The van der Waals surface area contributed by atoms with Crippen LogP contribution in [-0.4, -0.2) is 37.2 Å². The van der Waals surface area contributed by atoms with E-state index in [1.165, 1.54) is 0 Å². The molecule has 0 radical (unpaired) electrons. The summed E-state index contributed by atoms with van der Waals surface area (Å²) in [5, 5.41) is 0. The van der Waals surface area contributed by atoms with Gasteiger partial charge in [0.05, 0.1) is 0 Å². The summed E-state index contributed by atoms with van der Waals surface area (Å²) in [5.74, 6) is -1.07. The molecule has 0 amide bonds. The number of carbonyl (C=O) groups excluding carboxylic acids is 3. The zero-order chi connectivity index (χ0) is 50.0. The Kier molecular flexibility index (Phi) is 51.6. The molecule has 0 N–H and O–H groups in total. The maximum atomic E-state index is 12.8. The van der Waals surface area contributed by atoms with E-state index in [1.54, 1.807) is 0 Å². The number of ether oxygens (including phenoxy) is 3. The van der Waals surface area contributed by atoms with E-state index in [1.807, 2.05) is 12.2 Å². The van der Waals surface area contributed by atoms with Crippen LogP contribution in [0.4, 0.5) is 0 Å². The highest BCUT2D eigenvalue weighted by Crippen LogP contribution is 2.12. The van der Waals surface area contributed by atoms with Gasteiger partial charge in [-0.2, -0.15) is 0 Å². The number of carbonyl (C=O) groups is 3. The summed E-state index contributed by atoms with van der Waals surface area (Å²) in [6.07, 6.45) is 80.9. The number of allylic oxidation sites excluding steroid dienone is 26. The highest BCUT2D eigenvalue weighted by atomic mass is 16.6. The lowest BCUT2D eigenvalue weighted by Crippen LogP contribution is -2.30. The second-order valence-electron chi connectivity index (χ2n) is 17.0. The van der Waals surface area contributed by atoms with Crippen LogP contribution in [0.5, 0.6) is 0 Å². The van der Waals surface area contributed by atoms with Gasteiger partial charge in [-0.25, -0.2) is 0 Å². The Hall–Kier alpha value is -4.97. The first kappa shape index (κ1) is 64.0. The van der Waals surface area contributed by atoms with Gasteiger partial charge in [0.2, 0.25) is 0 Å². The third-order valence-electron chi connectivity index (χ3n) is 10.5. The van der Waals surface area contributed by atoms with Crippen molar-refractivity contribution in [3.63, 3.8) is 0 Å². The van der Waals surface area contributed by atoms with Gasteiger partial charge in [-0.15, -0.1) is 0 Å². The average molecular weight is 949 g/mol. The normalized spacial score (nSPS) is 13.4. The zero-order valence-corrected chi connectivity index (χ0v) is 43.8. The van der Waals surface area contributed by atoms with Gasteiger partial charge in [0.25, 0.3) is 0 Å². The largest absolute Gasteiger partial charge is 0.462 e. The summed E-state index contributed by atoms with van der Waals surface area (Å²) < 4.78 is 16.7. The van der Waals surface area contributed by atoms with Crippen molar-refractivity contribution in [1.82, 2.24) is 0 Å². The Morgan fingerprint density at radius 2 is 0.551 bits per heavy atom. The molecule has 0 saturated carbocycles. The van der Waals surface area contributed by atoms with E-state index in [0.717, 1.165) is 154 Å². The van der Waals surface area contributed by atoms with Crippen LogP contribution in [-0.2, 0) is 28.6 Å². The Balaban J connectivity index is 4.61. The molecule has 0 heterocycles. The number of unbranched alkanes of at least 4 members (excludes halogenated alkanes) is 9. The number of hydrogen-bond acceptors (Lipinski definition) is 6. The molecule has 0 aromatic rings. The third kappa shape index (κ3) is 53.8. The van der Waals surface area contributed by atoms with Crippen molar-refractivity contribution in [2.45, 2.75) is 207 Å². The fourth-order valence-corrected chi connectivity index (χ4v) is 6.59. The van der Waals surface area contributed by atoms with E-state index in [2.05, 4.69) is 167 Å². The van der Waals surface area contributed by atoms with E-state index in [4.69, 9.17) is 14.2 Å². The summed E-state index contributed by atoms with van der Waals surface area (Å²) in [4.78, 5) is 38.1. The van der Waals surface area contributed by atoms with Crippen molar-refractivity contribution in [3.05, 3.63) is 158 Å². The molecule has 1 atom stereocenters. The fraction of sp³-hybridized carbons (Fsp3) is 0.540. The highest BCUT2D eigenvalue weighted by molar-refractivity contribution is 5.71. The predicted octanol–water partition coefficient (Wildman–Crippen LogP) is 18.2. The summed E-state index contributed by atoms with van der Waals surface area (Å²) in [6, 6.07) is 0. The molecule has 0 aliphatic rings. The van der Waals surface area contributed by atoms with Crippen molar-refractivity contribution in [2.75, 3.05) is 13.2 Å². The molecule has 0 unspecified atom stereocenters. The lowest BCUT2D eigenvalue weighted by molar-refractivity contribution is -0.166. The SMILES string of the molecule is CC/C=C\C/C=C\C/C=C\C/C=C\C/C=C\C/C=C\CCC(=O)OC[C@H](COC(=O)CCCCCCC/C=C\C/C=C\C/C=C\CC)OC(=O)CCCCCC/C=C\C/C=C\C/C=C\C/C=C\CC. The molecule has 0 aromatic heterocycles. The van der Waals surface area contributed by atoms with E-state index >= 15 is 0 Å². The molecule has 0 fully saturated rings. The van der Waals surface area contributed by atoms with Gasteiger partial charge in [-0.05, 0) is 128 Å². The third-order valence-corrected chi connectivity index (χ3v) is 10.5. The minimum Gasteiger partial charge on any atom is -0.462 e. The Bertz CT molecular complexity index is 1610. The molecule has 6 nitrogen and oxygen atoms in total. The lowest BCUT2D eigenvalue weighted by Gasteiger charge is -2.18.